The van der Waals surface area contributed by atoms with Crippen molar-refractivity contribution in [3.8, 4) is 5.75 Å². The van der Waals surface area contributed by atoms with Gasteiger partial charge in [0.15, 0.2) is 0 Å². The zero-order chi connectivity index (χ0) is 13.4. The summed E-state index contributed by atoms with van der Waals surface area (Å²) in [6.07, 6.45) is 0. The number of carbonyl (C=O) groups is 1. The maximum atomic E-state index is 11.5. The smallest absolute Gasteiger partial charge is 0.317 e. The van der Waals surface area contributed by atoms with Crippen LogP contribution in [-0.2, 0) is 6.54 Å². The first-order valence-corrected chi connectivity index (χ1v) is 6.75. The maximum absolute atomic E-state index is 11.5. The van der Waals surface area contributed by atoms with Crippen LogP contribution in [0.5, 0.6) is 5.75 Å². The van der Waals surface area contributed by atoms with Crippen LogP contribution in [0.1, 0.15) is 5.56 Å². The van der Waals surface area contributed by atoms with E-state index < -0.39 is 0 Å². The third-order valence-electron chi connectivity index (χ3n) is 3.73. The highest BCUT2D eigenvalue weighted by Crippen LogP contribution is 2.25. The van der Waals surface area contributed by atoms with E-state index in [1.54, 1.807) is 12.1 Å². The quantitative estimate of drug-likeness (QED) is 0.858. The van der Waals surface area contributed by atoms with Crippen molar-refractivity contribution in [1.29, 1.82) is 0 Å². The topological polar surface area (TPSA) is 55.8 Å². The van der Waals surface area contributed by atoms with E-state index in [1.165, 1.54) is 0 Å². The largest absolute Gasteiger partial charge is 0.506 e. The van der Waals surface area contributed by atoms with Gasteiger partial charge in [-0.1, -0.05) is 17.7 Å². The molecule has 1 aromatic rings. The van der Waals surface area contributed by atoms with Crippen LogP contribution < -0.4 is 5.32 Å². The molecule has 1 unspecified atom stereocenters. The molecule has 2 aliphatic heterocycles. The van der Waals surface area contributed by atoms with Gasteiger partial charge in [-0.15, -0.1) is 0 Å². The normalized spacial score (nSPS) is 23.3. The lowest BCUT2D eigenvalue weighted by molar-refractivity contribution is 0.116. The minimum atomic E-state index is 0.0531. The molecule has 19 heavy (non-hydrogen) atoms. The Morgan fingerprint density at radius 1 is 1.42 bits per heavy atom. The Morgan fingerprint density at radius 2 is 2.26 bits per heavy atom. The summed E-state index contributed by atoms with van der Waals surface area (Å²) in [4.78, 5) is 15.7. The van der Waals surface area contributed by atoms with Gasteiger partial charge in [0.1, 0.15) is 5.75 Å². The molecule has 1 aromatic carbocycles. The number of hydrogen-bond donors (Lipinski definition) is 2. The second-order valence-corrected chi connectivity index (χ2v) is 5.46. The van der Waals surface area contributed by atoms with Gasteiger partial charge in [-0.2, -0.15) is 0 Å². The van der Waals surface area contributed by atoms with Crippen molar-refractivity contribution < 1.29 is 9.90 Å². The molecule has 6 heteroatoms. The van der Waals surface area contributed by atoms with Crippen LogP contribution in [0.15, 0.2) is 18.2 Å². The van der Waals surface area contributed by atoms with Crippen molar-refractivity contribution >= 4 is 17.6 Å². The summed E-state index contributed by atoms with van der Waals surface area (Å²) in [6, 6.07) is 5.62. The fourth-order valence-electron chi connectivity index (χ4n) is 2.72. The number of benzene rings is 1. The van der Waals surface area contributed by atoms with Crippen LogP contribution in [0.25, 0.3) is 0 Å². The Morgan fingerprint density at radius 3 is 3.05 bits per heavy atom. The fourth-order valence-corrected chi connectivity index (χ4v) is 2.92. The van der Waals surface area contributed by atoms with Crippen LogP contribution in [0.3, 0.4) is 0 Å². The van der Waals surface area contributed by atoms with E-state index in [4.69, 9.17) is 11.6 Å². The molecule has 3 rings (SSSR count). The number of fused-ring (bicyclic) bond motifs is 1. The number of urea groups is 1. The first-order chi connectivity index (χ1) is 9.13. The molecule has 2 amide bonds. The van der Waals surface area contributed by atoms with Crippen molar-refractivity contribution in [2.75, 3.05) is 26.2 Å². The molecule has 102 valence electrons. The van der Waals surface area contributed by atoms with Crippen molar-refractivity contribution in [3.63, 3.8) is 0 Å². The Hall–Kier alpha value is -1.46. The zero-order valence-corrected chi connectivity index (χ0v) is 11.2. The van der Waals surface area contributed by atoms with Gasteiger partial charge in [0.25, 0.3) is 0 Å². The summed E-state index contributed by atoms with van der Waals surface area (Å²) >= 11 is 5.91. The molecule has 0 saturated carbocycles. The molecule has 2 aliphatic rings. The SMILES string of the molecule is O=C1NCC2CN(Cc3ccc(O)c(Cl)c3)CCN12. The van der Waals surface area contributed by atoms with E-state index in [0.29, 0.717) is 5.02 Å². The molecule has 1 atom stereocenters. The van der Waals surface area contributed by atoms with E-state index in [2.05, 4.69) is 10.2 Å². The second kappa shape index (κ2) is 4.90. The van der Waals surface area contributed by atoms with Gasteiger partial charge in [0, 0.05) is 32.7 Å². The second-order valence-electron chi connectivity index (χ2n) is 5.05. The molecule has 0 spiro atoms. The lowest BCUT2D eigenvalue weighted by Crippen LogP contribution is -2.51. The fraction of sp³-hybridized carbons (Fsp3) is 0.462. The molecular weight excluding hydrogens is 266 g/mol. The monoisotopic (exact) mass is 281 g/mol. The van der Waals surface area contributed by atoms with Crippen LogP contribution in [-0.4, -0.2) is 53.2 Å². The summed E-state index contributed by atoms with van der Waals surface area (Å²) < 4.78 is 0. The van der Waals surface area contributed by atoms with E-state index in [0.717, 1.165) is 38.3 Å². The molecular formula is C13H16ClN3O2. The van der Waals surface area contributed by atoms with E-state index in [9.17, 15) is 9.90 Å². The highest BCUT2D eigenvalue weighted by Gasteiger charge is 2.35. The molecule has 0 aromatic heterocycles. The lowest BCUT2D eigenvalue weighted by atomic mass is 10.1. The molecule has 2 saturated heterocycles. The van der Waals surface area contributed by atoms with Crippen LogP contribution in [0.2, 0.25) is 5.02 Å². The number of halogens is 1. The molecule has 0 bridgehead atoms. The van der Waals surface area contributed by atoms with E-state index in [1.807, 2.05) is 11.0 Å². The highest BCUT2D eigenvalue weighted by molar-refractivity contribution is 6.32. The van der Waals surface area contributed by atoms with Gasteiger partial charge < -0.3 is 15.3 Å². The predicted molar refractivity (Wildman–Crippen MR) is 72.3 cm³/mol. The van der Waals surface area contributed by atoms with Crippen LogP contribution >= 0.6 is 11.6 Å². The van der Waals surface area contributed by atoms with Gasteiger partial charge in [-0.3, -0.25) is 4.90 Å². The van der Waals surface area contributed by atoms with Gasteiger partial charge in [-0.05, 0) is 17.7 Å². The zero-order valence-electron chi connectivity index (χ0n) is 10.5. The Bertz CT molecular complexity index is 509. The average Bonchev–Trinajstić information content (AvgIpc) is 2.75. The van der Waals surface area contributed by atoms with Gasteiger partial charge in [-0.25, -0.2) is 4.79 Å². The minimum Gasteiger partial charge on any atom is -0.506 e. The van der Waals surface area contributed by atoms with Crippen molar-refractivity contribution in [3.05, 3.63) is 28.8 Å². The number of phenols is 1. The number of amides is 2. The van der Waals surface area contributed by atoms with Gasteiger partial charge in [0.05, 0.1) is 11.1 Å². The number of nitrogens with zero attached hydrogens (tertiary/aromatic N) is 2. The number of piperazine rings is 1. The summed E-state index contributed by atoms with van der Waals surface area (Å²) in [5, 5.41) is 12.7. The number of aromatic hydroxyl groups is 1. The number of hydrogen-bond acceptors (Lipinski definition) is 3. The first-order valence-electron chi connectivity index (χ1n) is 6.38. The molecule has 5 nitrogen and oxygen atoms in total. The van der Waals surface area contributed by atoms with Gasteiger partial charge in [0.2, 0.25) is 0 Å². The Labute approximate surface area is 116 Å². The average molecular weight is 282 g/mol. The van der Waals surface area contributed by atoms with Gasteiger partial charge >= 0.3 is 6.03 Å². The number of carbonyl (C=O) groups excluding carboxylic acids is 1. The summed E-state index contributed by atoms with van der Waals surface area (Å²) in [5.41, 5.74) is 1.08. The van der Waals surface area contributed by atoms with E-state index in [-0.39, 0.29) is 17.8 Å². The molecule has 0 radical (unpaired) electrons. The number of rotatable bonds is 2. The minimum absolute atomic E-state index is 0.0531. The van der Waals surface area contributed by atoms with Crippen molar-refractivity contribution in [2.45, 2.75) is 12.6 Å². The van der Waals surface area contributed by atoms with E-state index >= 15 is 0 Å². The summed E-state index contributed by atoms with van der Waals surface area (Å²) in [6.45, 7) is 4.02. The number of phenolic OH excluding ortho intramolecular Hbond substituents is 1. The summed E-state index contributed by atoms with van der Waals surface area (Å²) in [5.74, 6) is 0.112. The van der Waals surface area contributed by atoms with Crippen molar-refractivity contribution in [1.82, 2.24) is 15.1 Å². The first kappa shape index (κ1) is 12.6. The van der Waals surface area contributed by atoms with Crippen LogP contribution in [0.4, 0.5) is 4.79 Å². The van der Waals surface area contributed by atoms with Crippen LogP contribution in [0, 0.1) is 0 Å². The molecule has 0 aliphatic carbocycles. The highest BCUT2D eigenvalue weighted by atomic mass is 35.5. The van der Waals surface area contributed by atoms with Crippen molar-refractivity contribution in [2.24, 2.45) is 0 Å². The molecule has 2 N–H and O–H groups in total. The standard InChI is InChI=1S/C13H16ClN3O2/c14-11-5-9(1-2-12(11)18)7-16-3-4-17-10(8-16)6-15-13(17)19/h1-2,5,10,18H,3-4,6-8H2,(H,15,19). The molecule has 2 heterocycles. The third kappa shape index (κ3) is 2.48. The predicted octanol–water partition coefficient (Wildman–Crippen LogP) is 1.25. The Balaban J connectivity index is 1.65. The lowest BCUT2D eigenvalue weighted by Gasteiger charge is -2.36. The molecule has 2 fully saturated rings. The summed E-state index contributed by atoms with van der Waals surface area (Å²) in [7, 11) is 0. The number of nitrogens with one attached hydrogen (secondary N) is 1. The Kier molecular flexibility index (Phi) is 3.24. The maximum Gasteiger partial charge on any atom is 0.317 e. The third-order valence-corrected chi connectivity index (χ3v) is 4.04.